The van der Waals surface area contributed by atoms with Gasteiger partial charge in [-0.05, 0) is 50.6 Å². The minimum Gasteiger partial charge on any atom is -0.511 e. The van der Waals surface area contributed by atoms with Crippen LogP contribution in [0.5, 0.6) is 5.75 Å². The number of primary amides is 1. The number of phenols is 1. The Balaban J connectivity index is 1.97. The number of likely N-dealkylation sites (N-methyl/N-ethyl adjacent to an activating group) is 1. The Bertz CT molecular complexity index is 1160. The van der Waals surface area contributed by atoms with E-state index in [-0.39, 0.29) is 16.9 Å². The fraction of sp³-hybridized carbons (Fsp3) is 0.458. The van der Waals surface area contributed by atoms with Crippen molar-refractivity contribution in [2.45, 2.75) is 25.8 Å². The summed E-state index contributed by atoms with van der Waals surface area (Å²) in [4.78, 5) is 42.5. The third-order valence-electron chi connectivity index (χ3n) is 7.38. The van der Waals surface area contributed by atoms with Crippen molar-refractivity contribution in [1.82, 2.24) is 4.90 Å². The molecule has 0 spiro atoms. The maximum absolute atomic E-state index is 13.6. The largest absolute Gasteiger partial charge is 0.511 e. The molecule has 1 aromatic carbocycles. The zero-order valence-electron chi connectivity index (χ0n) is 19.3. The second kappa shape index (κ2) is 7.34. The van der Waals surface area contributed by atoms with Gasteiger partial charge in [-0.2, -0.15) is 0 Å². The maximum atomic E-state index is 13.6. The topological polar surface area (TPSA) is 144 Å². The average Bonchev–Trinajstić information content (AvgIpc) is 2.65. The van der Waals surface area contributed by atoms with E-state index >= 15 is 0 Å². The van der Waals surface area contributed by atoms with Crippen LogP contribution in [0, 0.1) is 17.3 Å². The zero-order valence-corrected chi connectivity index (χ0v) is 19.3. The number of benzene rings is 1. The number of fused-ring (bicyclic) bond motifs is 3. The van der Waals surface area contributed by atoms with Gasteiger partial charge in [-0.25, -0.2) is 0 Å². The molecule has 0 fully saturated rings. The van der Waals surface area contributed by atoms with Crippen molar-refractivity contribution < 1.29 is 29.7 Å². The van der Waals surface area contributed by atoms with Crippen LogP contribution in [-0.2, 0) is 16.0 Å². The van der Waals surface area contributed by atoms with Gasteiger partial charge in [-0.1, -0.05) is 6.92 Å². The summed E-state index contributed by atoms with van der Waals surface area (Å²) in [6, 6.07) is 2.40. The van der Waals surface area contributed by atoms with Gasteiger partial charge in [0.25, 0.3) is 5.91 Å². The van der Waals surface area contributed by atoms with Crippen LogP contribution < -0.4 is 10.6 Å². The highest BCUT2D eigenvalue weighted by Crippen LogP contribution is 2.57. The molecule has 0 bridgehead atoms. The lowest BCUT2D eigenvalue weighted by Crippen LogP contribution is -2.59. The number of ketones is 2. The van der Waals surface area contributed by atoms with Crippen LogP contribution in [0.2, 0.25) is 0 Å². The zero-order chi connectivity index (χ0) is 24.6. The van der Waals surface area contributed by atoms with Gasteiger partial charge >= 0.3 is 0 Å². The van der Waals surface area contributed by atoms with Gasteiger partial charge in [0.05, 0.1) is 17.5 Å². The van der Waals surface area contributed by atoms with E-state index in [0.717, 1.165) is 5.69 Å². The van der Waals surface area contributed by atoms with E-state index in [1.807, 2.05) is 19.0 Å². The van der Waals surface area contributed by atoms with Crippen LogP contribution in [0.1, 0.15) is 29.3 Å². The predicted molar refractivity (Wildman–Crippen MR) is 121 cm³/mol. The molecule has 1 amide bonds. The summed E-state index contributed by atoms with van der Waals surface area (Å²) in [6.07, 6.45) is 0.668. The Morgan fingerprint density at radius 3 is 2.27 bits per heavy atom. The Morgan fingerprint density at radius 1 is 1.09 bits per heavy atom. The van der Waals surface area contributed by atoms with Crippen LogP contribution in [0.25, 0.3) is 0 Å². The molecule has 4 rings (SSSR count). The number of carbonyl (C=O) groups excluding carboxylic acids is 3. The number of nitrogens with zero attached hydrogens (tertiary/aromatic N) is 2. The summed E-state index contributed by atoms with van der Waals surface area (Å²) in [5, 5.41) is 32.7. The molecule has 9 heteroatoms. The molecular formula is C24H29N3O6. The number of hydrogen-bond donors (Lipinski definition) is 4. The lowest BCUT2D eigenvalue weighted by molar-refractivity contribution is -0.131. The Hall–Kier alpha value is -3.33. The molecule has 0 aromatic heterocycles. The van der Waals surface area contributed by atoms with Gasteiger partial charge in [-0.3, -0.25) is 19.3 Å². The Morgan fingerprint density at radius 2 is 1.73 bits per heavy atom. The highest BCUT2D eigenvalue weighted by Gasteiger charge is 2.60. The number of hydrogen-bond acceptors (Lipinski definition) is 8. The van der Waals surface area contributed by atoms with E-state index < -0.39 is 57.9 Å². The first kappa shape index (κ1) is 22.8. The van der Waals surface area contributed by atoms with Crippen LogP contribution >= 0.6 is 0 Å². The molecule has 3 aliphatic carbocycles. The summed E-state index contributed by atoms with van der Waals surface area (Å²) >= 11 is 0. The molecular weight excluding hydrogens is 426 g/mol. The quantitative estimate of drug-likeness (QED) is 0.502. The minimum atomic E-state index is -1.22. The smallest absolute Gasteiger partial charge is 0.255 e. The van der Waals surface area contributed by atoms with Crippen molar-refractivity contribution in [2.24, 2.45) is 23.0 Å². The lowest BCUT2D eigenvalue weighted by Gasteiger charge is -2.53. The molecule has 0 radical (unpaired) electrons. The van der Waals surface area contributed by atoms with Crippen molar-refractivity contribution in [2.75, 3.05) is 33.1 Å². The summed E-state index contributed by atoms with van der Waals surface area (Å²) in [5.41, 5.74) is 5.50. The van der Waals surface area contributed by atoms with Crippen molar-refractivity contribution in [1.29, 1.82) is 0 Å². The standard InChI is InChI=1S/C24H29N3O6/c1-24-9-10-8-11-12(26(2)3)6-7-13(28)15(11)18(29)14(10)19(30)17(24)20(31)16(23(25)33)21(32)22(24)27(4)5/h6-7,10,17,22,28,30,32H,8-9H2,1-5H3,(H2,25,33)/t10-,17+,22+,24+/m0/s1. The third-order valence-corrected chi connectivity index (χ3v) is 7.38. The predicted octanol–water partition coefficient (Wildman–Crippen LogP) is 1.46. The summed E-state index contributed by atoms with van der Waals surface area (Å²) in [7, 11) is 7.09. The van der Waals surface area contributed by atoms with Gasteiger partial charge in [0.15, 0.2) is 11.6 Å². The van der Waals surface area contributed by atoms with E-state index in [1.165, 1.54) is 6.07 Å². The fourth-order valence-corrected chi connectivity index (χ4v) is 6.28. The number of aliphatic hydroxyl groups is 2. The number of nitrogens with two attached hydrogens (primary N) is 1. The molecule has 9 nitrogen and oxygen atoms in total. The van der Waals surface area contributed by atoms with Crippen LogP contribution in [0.3, 0.4) is 0 Å². The highest BCUT2D eigenvalue weighted by atomic mass is 16.3. The summed E-state index contributed by atoms with van der Waals surface area (Å²) < 4.78 is 0. The van der Waals surface area contributed by atoms with Crippen LogP contribution in [0.4, 0.5) is 5.69 Å². The highest BCUT2D eigenvalue weighted by molar-refractivity contribution is 6.22. The number of Topliss-reactive ketones (excluding diaryl/α,β-unsaturated/α-hetero) is 2. The molecule has 3 aliphatic rings. The lowest BCUT2D eigenvalue weighted by atomic mass is 9.53. The second-order valence-corrected chi connectivity index (χ2v) is 9.88. The molecule has 33 heavy (non-hydrogen) atoms. The third kappa shape index (κ3) is 2.98. The van der Waals surface area contributed by atoms with E-state index in [9.17, 15) is 29.7 Å². The normalized spacial score (nSPS) is 29.1. The second-order valence-electron chi connectivity index (χ2n) is 9.88. The Kier molecular flexibility index (Phi) is 5.09. The van der Waals surface area contributed by atoms with E-state index in [0.29, 0.717) is 18.4 Å². The molecule has 0 aliphatic heterocycles. The van der Waals surface area contributed by atoms with E-state index in [2.05, 4.69) is 0 Å². The van der Waals surface area contributed by atoms with Gasteiger partial charge in [-0.15, -0.1) is 0 Å². The molecule has 4 atom stereocenters. The van der Waals surface area contributed by atoms with Crippen molar-refractivity contribution in [3.8, 4) is 5.75 Å². The van der Waals surface area contributed by atoms with Crippen molar-refractivity contribution in [3.05, 3.63) is 45.9 Å². The molecule has 176 valence electrons. The number of anilines is 1. The van der Waals surface area contributed by atoms with Crippen molar-refractivity contribution >= 4 is 23.2 Å². The first-order valence-electron chi connectivity index (χ1n) is 10.8. The number of amides is 1. The number of aliphatic hydroxyl groups excluding tert-OH is 2. The molecule has 5 N–H and O–H groups in total. The number of phenolic OH excluding ortho intramolecular Hbond substituents is 1. The number of allylic oxidation sites excluding steroid dienone is 2. The SMILES string of the molecule is CN(C)c1ccc(O)c2c1C[C@H]1C[C@]3(C)[C@@H](C(=O)C(C(N)=O)=C(O)[C@H]3N(C)C)C(O)=C1C2=O. The Labute approximate surface area is 191 Å². The molecule has 0 saturated carbocycles. The number of carbonyl (C=O) groups is 3. The number of rotatable bonds is 3. The molecule has 0 saturated heterocycles. The van der Waals surface area contributed by atoms with Crippen molar-refractivity contribution in [3.63, 3.8) is 0 Å². The summed E-state index contributed by atoms with van der Waals surface area (Å²) in [5.74, 6) is -5.10. The first-order chi connectivity index (χ1) is 15.3. The van der Waals surface area contributed by atoms with Gasteiger partial charge in [0, 0.05) is 30.8 Å². The molecule has 1 aromatic rings. The maximum Gasteiger partial charge on any atom is 0.255 e. The molecule has 0 unspecified atom stereocenters. The van der Waals surface area contributed by atoms with Crippen LogP contribution in [-0.4, -0.2) is 71.9 Å². The average molecular weight is 456 g/mol. The van der Waals surface area contributed by atoms with Gasteiger partial charge in [0.2, 0.25) is 0 Å². The summed E-state index contributed by atoms with van der Waals surface area (Å²) in [6.45, 7) is 1.77. The minimum absolute atomic E-state index is 0.0762. The number of aromatic hydroxyl groups is 1. The van der Waals surface area contributed by atoms with E-state index in [1.54, 1.807) is 32.0 Å². The molecule has 0 heterocycles. The first-order valence-corrected chi connectivity index (χ1v) is 10.8. The fourth-order valence-electron chi connectivity index (χ4n) is 6.28. The van der Waals surface area contributed by atoms with Gasteiger partial charge < -0.3 is 26.0 Å². The van der Waals surface area contributed by atoms with Gasteiger partial charge in [0.1, 0.15) is 22.8 Å². The monoisotopic (exact) mass is 455 g/mol. The van der Waals surface area contributed by atoms with E-state index in [4.69, 9.17) is 5.73 Å². The van der Waals surface area contributed by atoms with Crippen LogP contribution in [0.15, 0.2) is 34.8 Å².